The minimum absolute atomic E-state index is 0.102. The Hall–Kier alpha value is -2.97. The van der Waals surface area contributed by atoms with Crippen molar-refractivity contribution in [2.75, 3.05) is 32.8 Å². The van der Waals surface area contributed by atoms with E-state index in [2.05, 4.69) is 15.3 Å². The number of carbonyl (C=O) groups excluding carboxylic acids is 1. The molecule has 1 aliphatic heterocycles. The summed E-state index contributed by atoms with van der Waals surface area (Å²) in [5.41, 5.74) is 0.00783. The molecule has 1 saturated heterocycles. The number of ether oxygens (including phenoxy) is 1. The molecule has 1 fully saturated rings. The third-order valence-electron chi connectivity index (χ3n) is 5.20. The van der Waals surface area contributed by atoms with Gasteiger partial charge in [0.25, 0.3) is 11.5 Å². The van der Waals surface area contributed by atoms with E-state index in [-0.39, 0.29) is 23.2 Å². The zero-order chi connectivity index (χ0) is 20.4. The van der Waals surface area contributed by atoms with Crippen molar-refractivity contribution in [3.63, 3.8) is 0 Å². The number of aryl methyl sites for hydroxylation is 2. The van der Waals surface area contributed by atoms with Crippen LogP contribution in [-0.2, 0) is 11.8 Å². The van der Waals surface area contributed by atoms with Gasteiger partial charge in [-0.3, -0.25) is 14.5 Å². The fourth-order valence-electron chi connectivity index (χ4n) is 3.67. The minimum atomic E-state index is -0.321. The van der Waals surface area contributed by atoms with Gasteiger partial charge in [0.2, 0.25) is 0 Å². The van der Waals surface area contributed by atoms with Gasteiger partial charge in [-0.25, -0.2) is 4.68 Å². The lowest BCUT2D eigenvalue weighted by Crippen LogP contribution is -2.44. The summed E-state index contributed by atoms with van der Waals surface area (Å²) in [6.45, 7) is 5.10. The van der Waals surface area contributed by atoms with Crippen molar-refractivity contribution in [3.05, 3.63) is 64.0 Å². The second kappa shape index (κ2) is 8.18. The third-order valence-corrected chi connectivity index (χ3v) is 5.20. The molecule has 1 aromatic carbocycles. The summed E-state index contributed by atoms with van der Waals surface area (Å²) in [4.78, 5) is 27.5. The number of nitrogens with one attached hydrogen (secondary N) is 1. The van der Waals surface area contributed by atoms with E-state index in [0.29, 0.717) is 30.5 Å². The zero-order valence-electron chi connectivity index (χ0n) is 16.6. The highest BCUT2D eigenvalue weighted by Gasteiger charge is 2.26. The van der Waals surface area contributed by atoms with Crippen molar-refractivity contribution >= 4 is 16.7 Å². The summed E-state index contributed by atoms with van der Waals surface area (Å²) in [7, 11) is 1.55. The van der Waals surface area contributed by atoms with Crippen molar-refractivity contribution in [1.29, 1.82) is 0 Å². The maximum absolute atomic E-state index is 13.0. The number of nitrogens with zero attached hydrogens (tertiary/aromatic N) is 3. The summed E-state index contributed by atoms with van der Waals surface area (Å²) in [6.07, 6.45) is 0. The first-order chi connectivity index (χ1) is 14.0. The van der Waals surface area contributed by atoms with Gasteiger partial charge in [-0.05, 0) is 25.1 Å². The van der Waals surface area contributed by atoms with Crippen LogP contribution in [0.2, 0.25) is 0 Å². The molecule has 3 aromatic rings. The maximum atomic E-state index is 13.0. The number of morpholine rings is 1. The Labute approximate surface area is 168 Å². The monoisotopic (exact) mass is 396 g/mol. The van der Waals surface area contributed by atoms with Gasteiger partial charge in [0.1, 0.15) is 11.5 Å². The SMILES string of the molecule is Cc1ccc(C(CNC(=O)c2nn(C)c(=O)c3ccccc23)N2CCOCC2)o1. The fraction of sp³-hybridized carbons (Fsp3) is 0.381. The van der Waals surface area contributed by atoms with Gasteiger partial charge in [0, 0.05) is 32.1 Å². The van der Waals surface area contributed by atoms with E-state index in [1.165, 1.54) is 4.68 Å². The molecule has 1 amide bonds. The van der Waals surface area contributed by atoms with Crippen molar-refractivity contribution in [3.8, 4) is 0 Å². The predicted molar refractivity (Wildman–Crippen MR) is 108 cm³/mol. The molecule has 4 rings (SSSR count). The fourth-order valence-corrected chi connectivity index (χ4v) is 3.67. The number of carbonyl (C=O) groups is 1. The average Bonchev–Trinajstić information content (AvgIpc) is 3.17. The van der Waals surface area contributed by atoms with Gasteiger partial charge in [0.15, 0.2) is 5.69 Å². The van der Waals surface area contributed by atoms with Crippen LogP contribution in [0.5, 0.6) is 0 Å². The summed E-state index contributed by atoms with van der Waals surface area (Å²) >= 11 is 0. The smallest absolute Gasteiger partial charge is 0.274 e. The van der Waals surface area contributed by atoms with Crippen LogP contribution >= 0.6 is 0 Å². The molecular weight excluding hydrogens is 372 g/mol. The molecule has 152 valence electrons. The molecule has 0 aliphatic carbocycles. The van der Waals surface area contributed by atoms with Crippen molar-refractivity contribution in [2.45, 2.75) is 13.0 Å². The lowest BCUT2D eigenvalue weighted by molar-refractivity contribution is 0.0117. The number of aromatic nitrogens is 2. The molecule has 2 aromatic heterocycles. The van der Waals surface area contributed by atoms with Gasteiger partial charge in [-0.1, -0.05) is 18.2 Å². The van der Waals surface area contributed by atoms with Crippen LogP contribution < -0.4 is 10.9 Å². The van der Waals surface area contributed by atoms with E-state index in [4.69, 9.17) is 9.15 Å². The largest absolute Gasteiger partial charge is 0.465 e. The van der Waals surface area contributed by atoms with Crippen LogP contribution in [-0.4, -0.2) is 53.4 Å². The molecule has 3 heterocycles. The first-order valence-corrected chi connectivity index (χ1v) is 9.67. The van der Waals surface area contributed by atoms with Gasteiger partial charge >= 0.3 is 0 Å². The average molecular weight is 396 g/mol. The predicted octanol–water partition coefficient (Wildman–Crippen LogP) is 1.64. The van der Waals surface area contributed by atoms with Gasteiger partial charge in [-0.2, -0.15) is 5.10 Å². The molecule has 1 unspecified atom stereocenters. The summed E-state index contributed by atoms with van der Waals surface area (Å²) < 4.78 is 12.5. The Kier molecular flexibility index (Phi) is 5.46. The van der Waals surface area contributed by atoms with Crippen LogP contribution in [0.4, 0.5) is 0 Å². The normalized spacial score (nSPS) is 16.1. The zero-order valence-corrected chi connectivity index (χ0v) is 16.6. The van der Waals surface area contributed by atoms with Crippen molar-refractivity contribution < 1.29 is 13.9 Å². The van der Waals surface area contributed by atoms with Gasteiger partial charge in [-0.15, -0.1) is 0 Å². The molecule has 0 radical (unpaired) electrons. The van der Waals surface area contributed by atoms with Crippen molar-refractivity contribution in [1.82, 2.24) is 20.0 Å². The van der Waals surface area contributed by atoms with E-state index in [9.17, 15) is 9.59 Å². The Morgan fingerprint density at radius 1 is 1.17 bits per heavy atom. The Balaban J connectivity index is 1.59. The second-order valence-electron chi connectivity index (χ2n) is 7.15. The molecule has 29 heavy (non-hydrogen) atoms. The molecule has 1 aliphatic rings. The number of furan rings is 1. The van der Waals surface area contributed by atoms with Crippen molar-refractivity contribution in [2.24, 2.45) is 7.05 Å². The van der Waals surface area contributed by atoms with Gasteiger partial charge < -0.3 is 14.5 Å². The highest BCUT2D eigenvalue weighted by molar-refractivity contribution is 6.04. The maximum Gasteiger partial charge on any atom is 0.274 e. The molecule has 0 bridgehead atoms. The topological polar surface area (TPSA) is 89.6 Å². The summed E-state index contributed by atoms with van der Waals surface area (Å²) in [5, 5.41) is 8.21. The highest BCUT2D eigenvalue weighted by Crippen LogP contribution is 2.23. The number of benzene rings is 1. The number of fused-ring (bicyclic) bond motifs is 1. The lowest BCUT2D eigenvalue weighted by atomic mass is 10.1. The van der Waals surface area contributed by atoms with Crippen LogP contribution in [0.3, 0.4) is 0 Å². The first-order valence-electron chi connectivity index (χ1n) is 9.67. The Morgan fingerprint density at radius 2 is 1.90 bits per heavy atom. The van der Waals surface area contributed by atoms with E-state index >= 15 is 0 Å². The summed E-state index contributed by atoms with van der Waals surface area (Å²) in [5.74, 6) is 1.32. The standard InChI is InChI=1S/C21H24N4O4/c1-14-7-8-18(29-14)17(25-9-11-28-12-10-25)13-22-20(26)19-15-5-3-4-6-16(15)21(27)24(2)23-19/h3-8,17H,9-13H2,1-2H3,(H,22,26). The molecule has 1 N–H and O–H groups in total. The van der Waals surface area contributed by atoms with Gasteiger partial charge in [0.05, 0.1) is 24.6 Å². The van der Waals surface area contributed by atoms with E-state index < -0.39 is 0 Å². The molecule has 1 atom stereocenters. The first kappa shape index (κ1) is 19.4. The molecule has 0 spiro atoms. The van der Waals surface area contributed by atoms with E-state index in [0.717, 1.165) is 24.6 Å². The number of rotatable bonds is 5. The molecule has 8 heteroatoms. The Bertz CT molecular complexity index is 1080. The van der Waals surface area contributed by atoms with Crippen LogP contribution in [0, 0.1) is 6.92 Å². The highest BCUT2D eigenvalue weighted by atomic mass is 16.5. The number of amides is 1. The number of hydrogen-bond donors (Lipinski definition) is 1. The number of hydrogen-bond acceptors (Lipinski definition) is 6. The lowest BCUT2D eigenvalue weighted by Gasteiger charge is -2.33. The van der Waals surface area contributed by atoms with Crippen LogP contribution in [0.25, 0.3) is 10.8 Å². The Morgan fingerprint density at radius 3 is 2.59 bits per heavy atom. The van der Waals surface area contributed by atoms with E-state index in [1.54, 1.807) is 31.3 Å². The molecule has 0 saturated carbocycles. The van der Waals surface area contributed by atoms with Crippen LogP contribution in [0.15, 0.2) is 45.6 Å². The van der Waals surface area contributed by atoms with E-state index in [1.807, 2.05) is 19.1 Å². The molecule has 8 nitrogen and oxygen atoms in total. The summed E-state index contributed by atoms with van der Waals surface area (Å²) in [6, 6.07) is 10.8. The third kappa shape index (κ3) is 3.94. The van der Waals surface area contributed by atoms with Crippen LogP contribution in [0.1, 0.15) is 28.1 Å². The second-order valence-corrected chi connectivity index (χ2v) is 7.15. The minimum Gasteiger partial charge on any atom is -0.465 e. The molecular formula is C21H24N4O4. The quantitative estimate of drug-likeness (QED) is 0.705.